The van der Waals surface area contributed by atoms with E-state index in [4.69, 9.17) is 4.74 Å². The number of para-hydroxylation sites is 2. The predicted octanol–water partition coefficient (Wildman–Crippen LogP) is 3.75. The van der Waals surface area contributed by atoms with Gasteiger partial charge in [0, 0.05) is 43.5 Å². The van der Waals surface area contributed by atoms with Gasteiger partial charge >= 0.3 is 0 Å². The number of nitrogens with zero attached hydrogens (tertiary/aromatic N) is 4. The van der Waals surface area contributed by atoms with Crippen LogP contribution in [0.25, 0.3) is 0 Å². The van der Waals surface area contributed by atoms with Gasteiger partial charge in [-0.2, -0.15) is 0 Å². The number of carbonyl (C=O) groups excluding carboxylic acids is 2. The van der Waals surface area contributed by atoms with E-state index < -0.39 is 0 Å². The summed E-state index contributed by atoms with van der Waals surface area (Å²) < 4.78 is 5.50. The second kappa shape index (κ2) is 11.0. The Bertz CT molecular complexity index is 1150. The van der Waals surface area contributed by atoms with Crippen LogP contribution in [0.15, 0.2) is 66.0 Å². The lowest BCUT2D eigenvalue weighted by atomic mass is 10.1. The summed E-state index contributed by atoms with van der Waals surface area (Å²) in [5, 5.41) is 3.59. The van der Waals surface area contributed by atoms with Crippen LogP contribution in [-0.4, -0.2) is 60.7 Å². The van der Waals surface area contributed by atoms with E-state index in [1.54, 1.807) is 37.7 Å². The van der Waals surface area contributed by atoms with Crippen molar-refractivity contribution in [3.05, 3.63) is 66.5 Å². The largest absolute Gasteiger partial charge is 0.495 e. The third-order valence-electron chi connectivity index (χ3n) is 5.58. The van der Waals surface area contributed by atoms with Gasteiger partial charge in [-0.25, -0.2) is 9.97 Å². The molecule has 2 aromatic carbocycles. The Morgan fingerprint density at radius 2 is 1.71 bits per heavy atom. The number of nitrogens with one attached hydrogen (secondary N) is 1. The Hall–Kier alpha value is -3.59. The molecule has 1 fully saturated rings. The highest BCUT2D eigenvalue weighted by atomic mass is 32.2. The van der Waals surface area contributed by atoms with E-state index in [9.17, 15) is 9.59 Å². The average Bonchev–Trinajstić information content (AvgIpc) is 2.88. The lowest BCUT2D eigenvalue weighted by Gasteiger charge is -2.37. The van der Waals surface area contributed by atoms with Crippen molar-refractivity contribution in [3.8, 4) is 5.75 Å². The monoisotopic (exact) mass is 477 g/mol. The molecule has 0 saturated carbocycles. The molecule has 1 aromatic heterocycles. The smallest absolute Gasteiger partial charge is 0.234 e. The Morgan fingerprint density at radius 3 is 2.41 bits per heavy atom. The molecule has 0 radical (unpaired) electrons. The normalized spacial score (nSPS) is 13.5. The van der Waals surface area contributed by atoms with Crippen molar-refractivity contribution in [2.24, 2.45) is 0 Å². The van der Waals surface area contributed by atoms with Crippen LogP contribution in [0.1, 0.15) is 17.3 Å². The zero-order chi connectivity index (χ0) is 23.9. The molecule has 0 spiro atoms. The third-order valence-corrected chi connectivity index (χ3v) is 6.51. The zero-order valence-electron chi connectivity index (χ0n) is 19.2. The van der Waals surface area contributed by atoms with Gasteiger partial charge in [0.15, 0.2) is 5.78 Å². The molecule has 0 bridgehead atoms. The van der Waals surface area contributed by atoms with Crippen LogP contribution >= 0.6 is 11.8 Å². The molecule has 1 aliphatic heterocycles. The van der Waals surface area contributed by atoms with Crippen LogP contribution in [-0.2, 0) is 4.79 Å². The number of piperazine rings is 1. The van der Waals surface area contributed by atoms with Gasteiger partial charge < -0.3 is 19.9 Å². The summed E-state index contributed by atoms with van der Waals surface area (Å²) in [6, 6.07) is 16.9. The third kappa shape index (κ3) is 5.85. The van der Waals surface area contributed by atoms with Gasteiger partial charge in [0.2, 0.25) is 5.91 Å². The Morgan fingerprint density at radius 1 is 1.00 bits per heavy atom. The molecule has 0 unspecified atom stereocenters. The van der Waals surface area contributed by atoms with Crippen LogP contribution in [0, 0.1) is 0 Å². The summed E-state index contributed by atoms with van der Waals surface area (Å²) in [6.07, 6.45) is 1.54. The molecule has 1 aliphatic rings. The predicted molar refractivity (Wildman–Crippen MR) is 135 cm³/mol. The first-order valence-corrected chi connectivity index (χ1v) is 12.0. The van der Waals surface area contributed by atoms with E-state index in [0.29, 0.717) is 11.3 Å². The molecule has 4 rings (SSSR count). The lowest BCUT2D eigenvalue weighted by Crippen LogP contribution is -2.47. The van der Waals surface area contributed by atoms with Crippen molar-refractivity contribution in [1.82, 2.24) is 9.97 Å². The first-order chi connectivity index (χ1) is 16.5. The number of Topliss-reactive ketones (excluding diaryl/α,β-unsaturated/α-hetero) is 1. The molecular formula is C25H27N5O3S. The van der Waals surface area contributed by atoms with Crippen LogP contribution in [0.5, 0.6) is 5.75 Å². The second-order valence-corrected chi connectivity index (χ2v) is 8.83. The number of aromatic nitrogens is 2. The van der Waals surface area contributed by atoms with Crippen LogP contribution < -0.4 is 19.9 Å². The van der Waals surface area contributed by atoms with Crippen LogP contribution in [0.2, 0.25) is 0 Å². The molecular weight excluding hydrogens is 450 g/mol. The van der Waals surface area contributed by atoms with Gasteiger partial charge in [-0.05, 0) is 43.3 Å². The minimum Gasteiger partial charge on any atom is -0.495 e. The van der Waals surface area contributed by atoms with Crippen molar-refractivity contribution in [3.63, 3.8) is 0 Å². The molecule has 0 aliphatic carbocycles. The fourth-order valence-corrected chi connectivity index (χ4v) is 4.44. The molecule has 0 atom stereocenters. The summed E-state index contributed by atoms with van der Waals surface area (Å²) in [5.74, 6) is 1.83. The second-order valence-electron chi connectivity index (χ2n) is 7.83. The summed E-state index contributed by atoms with van der Waals surface area (Å²) >= 11 is 1.37. The molecule has 1 N–H and O–H groups in total. The van der Waals surface area contributed by atoms with Crippen molar-refractivity contribution >= 4 is 40.6 Å². The molecule has 9 heteroatoms. The molecule has 3 aromatic rings. The number of ether oxygens (including phenoxy) is 1. The number of hydrogen-bond acceptors (Lipinski definition) is 8. The number of amides is 1. The SMILES string of the molecule is COc1ccccc1N1CCN(c2cc(SCC(=O)Nc3ccc(C(C)=O)cc3)ncn2)CC1. The summed E-state index contributed by atoms with van der Waals surface area (Å²) in [7, 11) is 1.69. The Balaban J connectivity index is 1.30. The summed E-state index contributed by atoms with van der Waals surface area (Å²) in [4.78, 5) is 37.0. The first-order valence-electron chi connectivity index (χ1n) is 11.0. The van der Waals surface area contributed by atoms with E-state index in [1.165, 1.54) is 18.7 Å². The number of thioether (sulfide) groups is 1. The number of anilines is 3. The molecule has 2 heterocycles. The minimum atomic E-state index is -0.133. The van der Waals surface area contributed by atoms with Gasteiger partial charge in [0.1, 0.15) is 22.9 Å². The standard InChI is InChI=1S/C25H27N5O3S/c1-18(31)19-7-9-20(10-8-19)28-24(32)16-34-25-15-23(26-17-27-25)30-13-11-29(12-14-30)21-5-3-4-6-22(21)33-2/h3-10,15,17H,11-14,16H2,1-2H3,(H,28,32). The molecule has 1 amide bonds. The highest BCUT2D eigenvalue weighted by Gasteiger charge is 2.21. The molecule has 8 nitrogen and oxygen atoms in total. The lowest BCUT2D eigenvalue weighted by molar-refractivity contribution is -0.113. The van der Waals surface area contributed by atoms with Gasteiger partial charge in [-0.15, -0.1) is 0 Å². The highest BCUT2D eigenvalue weighted by Crippen LogP contribution is 2.29. The Labute approximate surface area is 203 Å². The zero-order valence-corrected chi connectivity index (χ0v) is 20.0. The quantitative estimate of drug-likeness (QED) is 0.298. The number of benzene rings is 2. The molecule has 176 valence electrons. The number of hydrogen-bond donors (Lipinski definition) is 1. The fourth-order valence-electron chi connectivity index (χ4n) is 3.77. The van der Waals surface area contributed by atoms with Crippen molar-refractivity contribution in [1.29, 1.82) is 0 Å². The number of ketones is 1. The van der Waals surface area contributed by atoms with Gasteiger partial charge in [-0.1, -0.05) is 23.9 Å². The highest BCUT2D eigenvalue weighted by molar-refractivity contribution is 7.99. The molecule has 34 heavy (non-hydrogen) atoms. The van der Waals surface area contributed by atoms with Crippen molar-refractivity contribution < 1.29 is 14.3 Å². The maximum atomic E-state index is 12.3. The van der Waals surface area contributed by atoms with Gasteiger partial charge in [0.05, 0.1) is 18.6 Å². The first kappa shape index (κ1) is 23.6. The number of carbonyl (C=O) groups is 2. The van der Waals surface area contributed by atoms with Crippen molar-refractivity contribution in [2.75, 3.05) is 54.2 Å². The fraction of sp³-hybridized carbons (Fsp3) is 0.280. The summed E-state index contributed by atoms with van der Waals surface area (Å²) in [5.41, 5.74) is 2.38. The molecule has 1 saturated heterocycles. The van der Waals surface area contributed by atoms with E-state index in [1.807, 2.05) is 24.3 Å². The summed E-state index contributed by atoms with van der Waals surface area (Å²) in [6.45, 7) is 4.89. The topological polar surface area (TPSA) is 87.7 Å². The Kier molecular flexibility index (Phi) is 7.64. The average molecular weight is 478 g/mol. The maximum absolute atomic E-state index is 12.3. The van der Waals surface area contributed by atoms with Crippen LogP contribution in [0.3, 0.4) is 0 Å². The minimum absolute atomic E-state index is 0.00537. The van der Waals surface area contributed by atoms with Crippen LogP contribution in [0.4, 0.5) is 17.2 Å². The van der Waals surface area contributed by atoms with Gasteiger partial charge in [-0.3, -0.25) is 9.59 Å². The van der Waals surface area contributed by atoms with Gasteiger partial charge in [0.25, 0.3) is 0 Å². The van der Waals surface area contributed by atoms with E-state index in [-0.39, 0.29) is 17.4 Å². The maximum Gasteiger partial charge on any atom is 0.234 e. The van der Waals surface area contributed by atoms with E-state index in [0.717, 1.165) is 48.5 Å². The van der Waals surface area contributed by atoms with Crippen molar-refractivity contribution in [2.45, 2.75) is 11.9 Å². The van der Waals surface area contributed by atoms with E-state index in [2.05, 4.69) is 31.2 Å². The number of rotatable bonds is 8. The number of methoxy groups -OCH3 is 1. The van der Waals surface area contributed by atoms with E-state index >= 15 is 0 Å².